The van der Waals surface area contributed by atoms with Crippen LogP contribution in [0.2, 0.25) is 0 Å². The van der Waals surface area contributed by atoms with E-state index in [4.69, 9.17) is 0 Å². The summed E-state index contributed by atoms with van der Waals surface area (Å²) in [5, 5.41) is 14.2. The SMILES string of the molecule is O=C(Nc1cc(-c2ccccc2)c(O)c(-c2ccccc2)c1)C1CC(=O)N(C2CCCCCCC2)C1. The van der Waals surface area contributed by atoms with Gasteiger partial charge in [0.25, 0.3) is 0 Å². The molecule has 1 aliphatic carbocycles. The molecular weight excluding hydrogens is 448 g/mol. The van der Waals surface area contributed by atoms with Crippen molar-refractivity contribution < 1.29 is 14.7 Å². The summed E-state index contributed by atoms with van der Waals surface area (Å²) in [6.07, 6.45) is 8.41. The van der Waals surface area contributed by atoms with Gasteiger partial charge in [-0.3, -0.25) is 9.59 Å². The second kappa shape index (κ2) is 11.0. The van der Waals surface area contributed by atoms with Gasteiger partial charge in [-0.25, -0.2) is 0 Å². The van der Waals surface area contributed by atoms with Gasteiger partial charge < -0.3 is 15.3 Å². The molecule has 0 bridgehead atoms. The minimum Gasteiger partial charge on any atom is -0.507 e. The molecule has 1 saturated heterocycles. The van der Waals surface area contributed by atoms with E-state index in [1.54, 1.807) is 0 Å². The Bertz CT molecular complexity index is 1140. The second-order valence-corrected chi connectivity index (χ2v) is 10.1. The molecule has 1 aliphatic heterocycles. The van der Waals surface area contributed by atoms with E-state index in [9.17, 15) is 14.7 Å². The number of benzene rings is 3. The molecule has 0 spiro atoms. The topological polar surface area (TPSA) is 69.6 Å². The average molecular weight is 483 g/mol. The molecule has 2 fully saturated rings. The summed E-state index contributed by atoms with van der Waals surface area (Å²) < 4.78 is 0. The van der Waals surface area contributed by atoms with E-state index in [2.05, 4.69) is 5.32 Å². The number of nitrogens with zero attached hydrogens (tertiary/aromatic N) is 1. The molecule has 1 atom stereocenters. The van der Waals surface area contributed by atoms with Crippen LogP contribution in [0.3, 0.4) is 0 Å². The molecule has 0 radical (unpaired) electrons. The third kappa shape index (κ3) is 5.30. The van der Waals surface area contributed by atoms with Gasteiger partial charge in [0.1, 0.15) is 5.75 Å². The highest BCUT2D eigenvalue weighted by atomic mass is 16.3. The van der Waals surface area contributed by atoms with Gasteiger partial charge >= 0.3 is 0 Å². The predicted molar refractivity (Wildman–Crippen MR) is 144 cm³/mol. The van der Waals surface area contributed by atoms with Crippen molar-refractivity contribution in [3.8, 4) is 28.0 Å². The lowest BCUT2D eigenvalue weighted by Gasteiger charge is -2.29. The Morgan fingerprint density at radius 2 is 1.33 bits per heavy atom. The Labute approximate surface area is 213 Å². The van der Waals surface area contributed by atoms with E-state index in [0.29, 0.717) is 23.4 Å². The van der Waals surface area contributed by atoms with Gasteiger partial charge in [-0.2, -0.15) is 0 Å². The summed E-state index contributed by atoms with van der Waals surface area (Å²) >= 11 is 0. The molecule has 1 saturated carbocycles. The predicted octanol–water partition coefficient (Wildman–Crippen LogP) is 6.63. The number of amides is 2. The number of nitrogens with one attached hydrogen (secondary N) is 1. The van der Waals surface area contributed by atoms with Crippen LogP contribution in [0.1, 0.15) is 51.4 Å². The van der Waals surface area contributed by atoms with Gasteiger partial charge in [-0.05, 0) is 36.1 Å². The van der Waals surface area contributed by atoms with Gasteiger partial charge in [-0.15, -0.1) is 0 Å². The highest BCUT2D eigenvalue weighted by molar-refractivity contribution is 5.99. The molecule has 5 nitrogen and oxygen atoms in total. The number of carbonyl (C=O) groups is 2. The monoisotopic (exact) mass is 482 g/mol. The van der Waals surface area contributed by atoms with Crippen LogP contribution >= 0.6 is 0 Å². The average Bonchev–Trinajstić information content (AvgIpc) is 3.27. The number of aromatic hydroxyl groups is 1. The van der Waals surface area contributed by atoms with Crippen molar-refractivity contribution in [3.05, 3.63) is 72.8 Å². The molecular formula is C31H34N2O3. The molecule has 5 rings (SSSR count). The van der Waals surface area contributed by atoms with E-state index >= 15 is 0 Å². The van der Waals surface area contributed by atoms with Crippen molar-refractivity contribution in [2.24, 2.45) is 5.92 Å². The van der Waals surface area contributed by atoms with Crippen LogP contribution in [-0.4, -0.2) is 34.4 Å². The molecule has 2 aliphatic rings. The van der Waals surface area contributed by atoms with Crippen molar-refractivity contribution in [2.75, 3.05) is 11.9 Å². The third-order valence-electron chi connectivity index (χ3n) is 7.59. The van der Waals surface area contributed by atoms with E-state index in [1.807, 2.05) is 77.7 Å². The summed E-state index contributed by atoms with van der Waals surface area (Å²) in [4.78, 5) is 28.2. The summed E-state index contributed by atoms with van der Waals surface area (Å²) in [5.74, 6) is -0.226. The first-order valence-electron chi connectivity index (χ1n) is 13.2. The van der Waals surface area contributed by atoms with Crippen molar-refractivity contribution in [1.29, 1.82) is 0 Å². The van der Waals surface area contributed by atoms with Crippen LogP contribution in [0.15, 0.2) is 72.8 Å². The highest BCUT2D eigenvalue weighted by Crippen LogP contribution is 2.41. The number of rotatable bonds is 5. The van der Waals surface area contributed by atoms with Crippen LogP contribution in [0.4, 0.5) is 5.69 Å². The number of phenols is 1. The minimum atomic E-state index is -0.364. The smallest absolute Gasteiger partial charge is 0.229 e. The summed E-state index contributed by atoms with van der Waals surface area (Å²) in [7, 11) is 0. The van der Waals surface area contributed by atoms with E-state index in [0.717, 1.165) is 36.8 Å². The van der Waals surface area contributed by atoms with Crippen LogP contribution in [0.5, 0.6) is 5.75 Å². The molecule has 1 unspecified atom stereocenters. The first kappa shape index (κ1) is 24.1. The molecule has 2 N–H and O–H groups in total. The van der Waals surface area contributed by atoms with E-state index < -0.39 is 0 Å². The van der Waals surface area contributed by atoms with Crippen LogP contribution in [-0.2, 0) is 9.59 Å². The standard InChI is InChI=1S/C31H34N2O3/c34-29-18-24(21-33(29)26-16-10-2-1-3-11-17-26)31(36)32-25-19-27(22-12-6-4-7-13-22)30(35)28(20-25)23-14-8-5-9-15-23/h4-9,12-15,19-20,24,26,35H,1-3,10-11,16-18,21H2,(H,32,36). The molecule has 0 aromatic heterocycles. The fourth-order valence-corrected chi connectivity index (χ4v) is 5.63. The van der Waals surface area contributed by atoms with Crippen molar-refractivity contribution in [3.63, 3.8) is 0 Å². The van der Waals surface area contributed by atoms with Crippen LogP contribution in [0, 0.1) is 5.92 Å². The number of likely N-dealkylation sites (tertiary alicyclic amines) is 1. The maximum atomic E-state index is 13.3. The molecule has 186 valence electrons. The summed E-state index contributed by atoms with van der Waals surface area (Å²) in [6.45, 7) is 0.491. The lowest BCUT2D eigenvalue weighted by Crippen LogP contribution is -2.37. The Morgan fingerprint density at radius 3 is 1.89 bits per heavy atom. The lowest BCUT2D eigenvalue weighted by atomic mass is 9.95. The minimum absolute atomic E-state index is 0.0985. The first-order chi connectivity index (χ1) is 17.6. The van der Waals surface area contributed by atoms with Crippen molar-refractivity contribution in [1.82, 2.24) is 4.90 Å². The number of phenolic OH excluding ortho intramolecular Hbond substituents is 1. The van der Waals surface area contributed by atoms with Crippen LogP contribution in [0.25, 0.3) is 22.3 Å². The number of hydrogen-bond acceptors (Lipinski definition) is 3. The largest absolute Gasteiger partial charge is 0.507 e. The van der Waals surface area contributed by atoms with Crippen molar-refractivity contribution >= 4 is 17.5 Å². The third-order valence-corrected chi connectivity index (χ3v) is 7.59. The molecule has 36 heavy (non-hydrogen) atoms. The molecule has 1 heterocycles. The molecule has 3 aromatic carbocycles. The molecule has 5 heteroatoms. The van der Waals surface area contributed by atoms with Gasteiger partial charge in [0, 0.05) is 35.8 Å². The molecule has 2 amide bonds. The van der Waals surface area contributed by atoms with Crippen molar-refractivity contribution in [2.45, 2.75) is 57.4 Å². The van der Waals surface area contributed by atoms with Gasteiger partial charge in [0.15, 0.2) is 0 Å². The Balaban J connectivity index is 1.39. The maximum absolute atomic E-state index is 13.3. The van der Waals surface area contributed by atoms with Gasteiger partial charge in [-0.1, -0.05) is 92.8 Å². The fourth-order valence-electron chi connectivity index (χ4n) is 5.63. The van der Waals surface area contributed by atoms with Gasteiger partial charge in [0.05, 0.1) is 5.92 Å². The van der Waals surface area contributed by atoms with Crippen LogP contribution < -0.4 is 5.32 Å². The zero-order valence-corrected chi connectivity index (χ0v) is 20.7. The Hall–Kier alpha value is -3.60. The normalized spacial score (nSPS) is 19.1. The Kier molecular flexibility index (Phi) is 7.36. The maximum Gasteiger partial charge on any atom is 0.229 e. The zero-order valence-electron chi connectivity index (χ0n) is 20.7. The van der Waals surface area contributed by atoms with E-state index in [-0.39, 0.29) is 35.9 Å². The highest BCUT2D eigenvalue weighted by Gasteiger charge is 2.37. The number of anilines is 1. The first-order valence-corrected chi connectivity index (χ1v) is 13.2. The number of carbonyl (C=O) groups excluding carboxylic acids is 2. The fraction of sp³-hybridized carbons (Fsp3) is 0.355. The zero-order chi connectivity index (χ0) is 24.9. The Morgan fingerprint density at radius 1 is 0.806 bits per heavy atom. The second-order valence-electron chi connectivity index (χ2n) is 10.1. The summed E-state index contributed by atoms with van der Waals surface area (Å²) in [5.41, 5.74) is 3.67. The lowest BCUT2D eigenvalue weighted by molar-refractivity contribution is -0.130. The number of hydrogen-bond donors (Lipinski definition) is 2. The quantitative estimate of drug-likeness (QED) is 0.401. The van der Waals surface area contributed by atoms with E-state index in [1.165, 1.54) is 19.3 Å². The summed E-state index contributed by atoms with van der Waals surface area (Å²) in [6, 6.07) is 23.2. The molecule has 3 aromatic rings. The van der Waals surface area contributed by atoms with Gasteiger partial charge in [0.2, 0.25) is 11.8 Å².